The van der Waals surface area contributed by atoms with E-state index in [4.69, 9.17) is 5.11 Å². The summed E-state index contributed by atoms with van der Waals surface area (Å²) in [7, 11) is -3.49. The van der Waals surface area contributed by atoms with Crippen LogP contribution in [0.2, 0.25) is 0 Å². The lowest BCUT2D eigenvalue weighted by atomic mass is 10.2. The lowest BCUT2D eigenvalue weighted by molar-refractivity contribution is -0.149. The molecular formula is C11H19NO5S. The Labute approximate surface area is 107 Å². The first-order valence-electron chi connectivity index (χ1n) is 5.92. The van der Waals surface area contributed by atoms with Gasteiger partial charge in [-0.1, -0.05) is 0 Å². The minimum absolute atomic E-state index is 0.119. The van der Waals surface area contributed by atoms with Crippen molar-refractivity contribution in [1.82, 2.24) is 4.90 Å². The van der Waals surface area contributed by atoms with Crippen molar-refractivity contribution in [3.63, 3.8) is 0 Å². The average Bonchev–Trinajstić information content (AvgIpc) is 3.00. The molecule has 1 fully saturated rings. The SMILES string of the molecule is CC(C(=O)O)N(C(=O)CS(=O)(=O)C(C)C)C1CC1. The number of carbonyl (C=O) groups is 2. The van der Waals surface area contributed by atoms with Gasteiger partial charge in [0.1, 0.15) is 11.8 Å². The van der Waals surface area contributed by atoms with Crippen LogP contribution < -0.4 is 0 Å². The van der Waals surface area contributed by atoms with Crippen LogP contribution in [0.1, 0.15) is 33.6 Å². The van der Waals surface area contributed by atoms with Gasteiger partial charge in [-0.25, -0.2) is 13.2 Å². The van der Waals surface area contributed by atoms with Crippen LogP contribution in [0.25, 0.3) is 0 Å². The predicted octanol–water partition coefficient (Wildman–Crippen LogP) is 0.274. The number of hydrogen-bond donors (Lipinski definition) is 1. The van der Waals surface area contributed by atoms with Gasteiger partial charge in [0.25, 0.3) is 0 Å². The van der Waals surface area contributed by atoms with E-state index in [-0.39, 0.29) is 6.04 Å². The van der Waals surface area contributed by atoms with E-state index in [0.29, 0.717) is 0 Å². The highest BCUT2D eigenvalue weighted by Gasteiger charge is 2.39. The maximum Gasteiger partial charge on any atom is 0.326 e. The van der Waals surface area contributed by atoms with Crippen LogP contribution in [0.15, 0.2) is 0 Å². The van der Waals surface area contributed by atoms with Crippen LogP contribution >= 0.6 is 0 Å². The molecule has 0 aliphatic heterocycles. The molecule has 0 aromatic rings. The second kappa shape index (κ2) is 5.26. The molecule has 0 aromatic heterocycles. The summed E-state index contributed by atoms with van der Waals surface area (Å²) in [5.74, 6) is -2.34. The van der Waals surface area contributed by atoms with Crippen LogP contribution in [0.4, 0.5) is 0 Å². The molecule has 1 rings (SSSR count). The second-order valence-corrected chi connectivity index (χ2v) is 7.46. The van der Waals surface area contributed by atoms with E-state index in [1.165, 1.54) is 25.7 Å². The fourth-order valence-corrected chi connectivity index (χ4v) is 2.45. The molecule has 1 N–H and O–H groups in total. The first kappa shape index (κ1) is 14.9. The molecule has 0 radical (unpaired) electrons. The zero-order valence-corrected chi connectivity index (χ0v) is 11.6. The Morgan fingerprint density at radius 3 is 2.11 bits per heavy atom. The predicted molar refractivity (Wildman–Crippen MR) is 65.9 cm³/mol. The van der Waals surface area contributed by atoms with Gasteiger partial charge in [0.05, 0.1) is 5.25 Å². The smallest absolute Gasteiger partial charge is 0.326 e. The lowest BCUT2D eigenvalue weighted by Crippen LogP contribution is -2.47. The van der Waals surface area contributed by atoms with Crippen molar-refractivity contribution in [1.29, 1.82) is 0 Å². The Balaban J connectivity index is 2.82. The van der Waals surface area contributed by atoms with Gasteiger partial charge in [-0.15, -0.1) is 0 Å². The van der Waals surface area contributed by atoms with Crippen molar-refractivity contribution in [3.8, 4) is 0 Å². The number of carbonyl (C=O) groups excluding carboxylic acids is 1. The van der Waals surface area contributed by atoms with E-state index in [1.54, 1.807) is 0 Å². The normalized spacial score (nSPS) is 17.6. The molecule has 1 unspecified atom stereocenters. The zero-order valence-electron chi connectivity index (χ0n) is 10.8. The lowest BCUT2D eigenvalue weighted by Gasteiger charge is -2.26. The largest absolute Gasteiger partial charge is 0.480 e. The molecular weight excluding hydrogens is 258 g/mol. The van der Waals surface area contributed by atoms with E-state index < -0.39 is 38.8 Å². The molecule has 0 bridgehead atoms. The number of rotatable bonds is 6. The molecule has 0 aromatic carbocycles. The van der Waals surface area contributed by atoms with Crippen LogP contribution in [-0.2, 0) is 19.4 Å². The van der Waals surface area contributed by atoms with Crippen molar-refractivity contribution in [2.24, 2.45) is 0 Å². The molecule has 1 aliphatic rings. The third kappa shape index (κ3) is 3.44. The van der Waals surface area contributed by atoms with E-state index in [1.807, 2.05) is 0 Å². The highest BCUT2D eigenvalue weighted by Crippen LogP contribution is 2.29. The first-order valence-corrected chi connectivity index (χ1v) is 7.64. The number of carboxylic acids is 1. The van der Waals surface area contributed by atoms with Gasteiger partial charge < -0.3 is 10.0 Å². The summed E-state index contributed by atoms with van der Waals surface area (Å²) < 4.78 is 23.4. The van der Waals surface area contributed by atoms with Gasteiger partial charge in [0, 0.05) is 6.04 Å². The first-order chi connectivity index (χ1) is 8.16. The maximum absolute atomic E-state index is 12.0. The maximum atomic E-state index is 12.0. The summed E-state index contributed by atoms with van der Waals surface area (Å²) in [5.41, 5.74) is 0. The van der Waals surface area contributed by atoms with Crippen molar-refractivity contribution in [2.75, 3.05) is 5.75 Å². The molecule has 1 amide bonds. The van der Waals surface area contributed by atoms with E-state index in [2.05, 4.69) is 0 Å². The van der Waals surface area contributed by atoms with E-state index in [0.717, 1.165) is 12.8 Å². The fraction of sp³-hybridized carbons (Fsp3) is 0.818. The van der Waals surface area contributed by atoms with Crippen molar-refractivity contribution in [2.45, 2.75) is 50.9 Å². The topological polar surface area (TPSA) is 91.8 Å². The highest BCUT2D eigenvalue weighted by atomic mass is 32.2. The third-order valence-corrected chi connectivity index (χ3v) is 5.13. The molecule has 0 heterocycles. The summed E-state index contributed by atoms with van der Waals surface area (Å²) in [6, 6.07) is -1.10. The summed E-state index contributed by atoms with van der Waals surface area (Å²) in [6.45, 7) is 4.41. The van der Waals surface area contributed by atoms with Crippen molar-refractivity contribution in [3.05, 3.63) is 0 Å². The summed E-state index contributed by atoms with van der Waals surface area (Å²) in [6.07, 6.45) is 1.48. The molecule has 7 heteroatoms. The fourth-order valence-electron chi connectivity index (χ4n) is 1.62. The van der Waals surface area contributed by atoms with Gasteiger partial charge >= 0.3 is 5.97 Å². The molecule has 0 spiro atoms. The van der Waals surface area contributed by atoms with Gasteiger partial charge in [-0.2, -0.15) is 0 Å². The van der Waals surface area contributed by atoms with Crippen LogP contribution in [0.3, 0.4) is 0 Å². The van der Waals surface area contributed by atoms with Crippen LogP contribution in [0, 0.1) is 0 Å². The molecule has 18 heavy (non-hydrogen) atoms. The second-order valence-electron chi connectivity index (χ2n) is 4.90. The van der Waals surface area contributed by atoms with Crippen molar-refractivity contribution >= 4 is 21.7 Å². The minimum atomic E-state index is -3.49. The Bertz CT molecular complexity index is 438. The molecule has 1 aliphatic carbocycles. The van der Waals surface area contributed by atoms with E-state index in [9.17, 15) is 18.0 Å². The summed E-state index contributed by atoms with van der Waals surface area (Å²) in [5, 5.41) is 8.31. The summed E-state index contributed by atoms with van der Waals surface area (Å²) >= 11 is 0. The Morgan fingerprint density at radius 2 is 1.78 bits per heavy atom. The van der Waals surface area contributed by atoms with Crippen LogP contribution in [0.5, 0.6) is 0 Å². The number of aliphatic carboxylic acids is 1. The molecule has 6 nitrogen and oxygen atoms in total. The van der Waals surface area contributed by atoms with Gasteiger partial charge in [0.15, 0.2) is 9.84 Å². The average molecular weight is 277 g/mol. The standard InChI is InChI=1S/C11H19NO5S/c1-7(2)18(16,17)6-10(13)12(9-4-5-9)8(3)11(14)15/h7-9H,4-6H2,1-3H3,(H,14,15). The number of hydrogen-bond acceptors (Lipinski definition) is 4. The Morgan fingerprint density at radius 1 is 1.28 bits per heavy atom. The summed E-state index contributed by atoms with van der Waals surface area (Å²) in [4.78, 5) is 24.1. The molecule has 0 saturated heterocycles. The quantitative estimate of drug-likeness (QED) is 0.752. The highest BCUT2D eigenvalue weighted by molar-refractivity contribution is 7.92. The monoisotopic (exact) mass is 277 g/mol. The number of amides is 1. The molecule has 104 valence electrons. The number of carboxylic acid groups (broad SMARTS) is 1. The van der Waals surface area contributed by atoms with E-state index >= 15 is 0 Å². The van der Waals surface area contributed by atoms with Crippen LogP contribution in [-0.4, -0.2) is 53.4 Å². The molecule has 1 saturated carbocycles. The van der Waals surface area contributed by atoms with Gasteiger partial charge in [-0.05, 0) is 33.6 Å². The number of sulfone groups is 1. The zero-order chi connectivity index (χ0) is 14.1. The van der Waals surface area contributed by atoms with Crippen molar-refractivity contribution < 1.29 is 23.1 Å². The Hall–Kier alpha value is -1.11. The van der Waals surface area contributed by atoms with Gasteiger partial charge in [-0.3, -0.25) is 4.79 Å². The third-order valence-electron chi connectivity index (χ3n) is 3.05. The minimum Gasteiger partial charge on any atom is -0.480 e. The Kier molecular flexibility index (Phi) is 4.37. The number of nitrogens with zero attached hydrogens (tertiary/aromatic N) is 1. The van der Waals surface area contributed by atoms with Gasteiger partial charge in [0.2, 0.25) is 5.91 Å². The molecule has 1 atom stereocenters.